The molecule has 0 spiro atoms. The van der Waals surface area contributed by atoms with Crippen LogP contribution in [0, 0.1) is 0 Å². The largest absolute Gasteiger partial charge is 0.508 e. The maximum Gasteiger partial charge on any atom is 0.342 e. The van der Waals surface area contributed by atoms with Crippen LogP contribution in [0.3, 0.4) is 0 Å². The lowest BCUT2D eigenvalue weighted by atomic mass is 10.0. The first-order valence-electron chi connectivity index (χ1n) is 6.65. The molecule has 6 heteroatoms. The van der Waals surface area contributed by atoms with Crippen molar-refractivity contribution in [1.29, 1.82) is 0 Å². The number of rotatable bonds is 4. The van der Waals surface area contributed by atoms with Crippen molar-refractivity contribution in [1.82, 2.24) is 0 Å². The first-order chi connectivity index (χ1) is 11.0. The molecule has 0 aliphatic rings. The standard InChI is InChI=1S/C17H16O6/c1-22-13-7-11(16(15(20)9-13)17(21)23-2)4-3-10-5-6-12(18)8-14(10)19/h3-9,18-20H,1-2H3/b4-3-. The molecule has 2 rings (SSSR count). The normalized spacial score (nSPS) is 10.7. The second-order valence-corrected chi connectivity index (χ2v) is 4.68. The Labute approximate surface area is 132 Å². The van der Waals surface area contributed by atoms with E-state index in [0.29, 0.717) is 16.9 Å². The van der Waals surface area contributed by atoms with Gasteiger partial charge in [-0.1, -0.05) is 12.2 Å². The van der Waals surface area contributed by atoms with E-state index in [9.17, 15) is 20.1 Å². The van der Waals surface area contributed by atoms with E-state index in [1.807, 2.05) is 0 Å². The Morgan fingerprint density at radius 1 is 0.957 bits per heavy atom. The third kappa shape index (κ3) is 3.55. The van der Waals surface area contributed by atoms with Gasteiger partial charge in [0.25, 0.3) is 0 Å². The van der Waals surface area contributed by atoms with E-state index in [2.05, 4.69) is 4.74 Å². The van der Waals surface area contributed by atoms with Crippen LogP contribution in [0.25, 0.3) is 12.2 Å². The summed E-state index contributed by atoms with van der Waals surface area (Å²) in [5.74, 6) is -0.780. The number of carbonyl (C=O) groups excluding carboxylic acids is 1. The number of ether oxygens (including phenoxy) is 2. The van der Waals surface area contributed by atoms with Crippen molar-refractivity contribution in [2.45, 2.75) is 0 Å². The molecule has 0 fully saturated rings. The summed E-state index contributed by atoms with van der Waals surface area (Å²) in [5.41, 5.74) is 0.782. The first kappa shape index (κ1) is 16.2. The van der Waals surface area contributed by atoms with Gasteiger partial charge in [0.1, 0.15) is 28.6 Å². The number of esters is 1. The number of aromatic hydroxyl groups is 3. The van der Waals surface area contributed by atoms with Crippen LogP contribution < -0.4 is 4.74 Å². The Kier molecular flexibility index (Phi) is 4.75. The van der Waals surface area contributed by atoms with Crippen LogP contribution >= 0.6 is 0 Å². The van der Waals surface area contributed by atoms with Crippen molar-refractivity contribution in [2.75, 3.05) is 14.2 Å². The van der Waals surface area contributed by atoms with Gasteiger partial charge in [0.2, 0.25) is 0 Å². The van der Waals surface area contributed by atoms with E-state index in [0.717, 1.165) is 0 Å². The SMILES string of the molecule is COC(=O)c1c(O)cc(OC)cc1/C=C\c1ccc(O)cc1O. The number of hydrogen-bond donors (Lipinski definition) is 3. The first-order valence-corrected chi connectivity index (χ1v) is 6.65. The summed E-state index contributed by atoms with van der Waals surface area (Å²) < 4.78 is 9.73. The van der Waals surface area contributed by atoms with Gasteiger partial charge in [-0.2, -0.15) is 0 Å². The van der Waals surface area contributed by atoms with Crippen molar-refractivity contribution in [3.05, 3.63) is 47.0 Å². The maximum absolute atomic E-state index is 11.8. The fourth-order valence-corrected chi connectivity index (χ4v) is 2.05. The summed E-state index contributed by atoms with van der Waals surface area (Å²) in [6.07, 6.45) is 3.07. The second-order valence-electron chi connectivity index (χ2n) is 4.68. The summed E-state index contributed by atoms with van der Waals surface area (Å²) in [4.78, 5) is 11.8. The fraction of sp³-hybridized carbons (Fsp3) is 0.118. The molecule has 2 aromatic rings. The number of phenols is 3. The van der Waals surface area contributed by atoms with Gasteiger partial charge >= 0.3 is 5.97 Å². The van der Waals surface area contributed by atoms with Gasteiger partial charge in [-0.05, 0) is 23.8 Å². The zero-order valence-corrected chi connectivity index (χ0v) is 12.6. The zero-order valence-electron chi connectivity index (χ0n) is 12.6. The fourth-order valence-electron chi connectivity index (χ4n) is 2.05. The molecule has 0 aromatic heterocycles. The van der Waals surface area contributed by atoms with Crippen LogP contribution in [-0.4, -0.2) is 35.5 Å². The number of hydrogen-bond acceptors (Lipinski definition) is 6. The summed E-state index contributed by atoms with van der Waals surface area (Å²) >= 11 is 0. The van der Waals surface area contributed by atoms with E-state index in [1.165, 1.54) is 50.6 Å². The summed E-state index contributed by atoms with van der Waals surface area (Å²) in [7, 11) is 2.65. The molecule has 23 heavy (non-hydrogen) atoms. The smallest absolute Gasteiger partial charge is 0.342 e. The minimum Gasteiger partial charge on any atom is -0.508 e. The van der Waals surface area contributed by atoms with Crippen LogP contribution in [0.15, 0.2) is 30.3 Å². The molecule has 0 aliphatic heterocycles. The average Bonchev–Trinajstić information content (AvgIpc) is 2.52. The van der Waals surface area contributed by atoms with Crippen LogP contribution in [0.4, 0.5) is 0 Å². The number of carbonyl (C=O) groups is 1. The molecule has 0 aliphatic carbocycles. The van der Waals surface area contributed by atoms with E-state index in [4.69, 9.17) is 4.74 Å². The van der Waals surface area contributed by atoms with E-state index in [1.54, 1.807) is 6.07 Å². The molecule has 0 amide bonds. The minimum atomic E-state index is -0.695. The quantitative estimate of drug-likeness (QED) is 0.593. The van der Waals surface area contributed by atoms with Crippen molar-refractivity contribution in [2.24, 2.45) is 0 Å². The van der Waals surface area contributed by atoms with Crippen LogP contribution in [0.5, 0.6) is 23.0 Å². The third-order valence-electron chi connectivity index (χ3n) is 3.20. The monoisotopic (exact) mass is 316 g/mol. The Hall–Kier alpha value is -3.15. The average molecular weight is 316 g/mol. The number of benzene rings is 2. The summed E-state index contributed by atoms with van der Waals surface area (Å²) in [5, 5.41) is 29.0. The van der Waals surface area contributed by atoms with E-state index in [-0.39, 0.29) is 22.8 Å². The van der Waals surface area contributed by atoms with Crippen molar-refractivity contribution < 1.29 is 29.6 Å². The molecular formula is C17H16O6. The predicted molar refractivity (Wildman–Crippen MR) is 84.7 cm³/mol. The molecule has 0 heterocycles. The second kappa shape index (κ2) is 6.74. The van der Waals surface area contributed by atoms with Crippen LogP contribution in [0.2, 0.25) is 0 Å². The van der Waals surface area contributed by atoms with Crippen LogP contribution in [-0.2, 0) is 4.74 Å². The van der Waals surface area contributed by atoms with E-state index < -0.39 is 5.97 Å². The highest BCUT2D eigenvalue weighted by Gasteiger charge is 2.17. The summed E-state index contributed by atoms with van der Waals surface area (Å²) in [6, 6.07) is 6.99. The van der Waals surface area contributed by atoms with Crippen molar-refractivity contribution in [3.63, 3.8) is 0 Å². The molecule has 0 saturated carbocycles. The highest BCUT2D eigenvalue weighted by Crippen LogP contribution is 2.31. The lowest BCUT2D eigenvalue weighted by molar-refractivity contribution is 0.0597. The highest BCUT2D eigenvalue weighted by molar-refractivity contribution is 5.98. The zero-order chi connectivity index (χ0) is 17.0. The minimum absolute atomic E-state index is 0.0113. The molecule has 0 bridgehead atoms. The van der Waals surface area contributed by atoms with Gasteiger partial charge in [-0.25, -0.2) is 4.79 Å². The Morgan fingerprint density at radius 2 is 1.65 bits per heavy atom. The molecule has 2 aromatic carbocycles. The molecule has 120 valence electrons. The maximum atomic E-state index is 11.8. The molecular weight excluding hydrogens is 300 g/mol. The molecule has 0 saturated heterocycles. The summed E-state index contributed by atoms with van der Waals surface area (Å²) in [6.45, 7) is 0. The molecule has 3 N–H and O–H groups in total. The number of phenolic OH excluding ortho intramolecular Hbond substituents is 3. The van der Waals surface area contributed by atoms with Gasteiger partial charge in [0.05, 0.1) is 14.2 Å². The van der Waals surface area contributed by atoms with Crippen molar-refractivity contribution >= 4 is 18.1 Å². The van der Waals surface area contributed by atoms with Crippen LogP contribution in [0.1, 0.15) is 21.5 Å². The Morgan fingerprint density at radius 3 is 2.26 bits per heavy atom. The van der Waals surface area contributed by atoms with Crippen molar-refractivity contribution in [3.8, 4) is 23.0 Å². The van der Waals surface area contributed by atoms with Gasteiger partial charge in [0.15, 0.2) is 0 Å². The third-order valence-corrected chi connectivity index (χ3v) is 3.20. The topological polar surface area (TPSA) is 96.2 Å². The van der Waals surface area contributed by atoms with Gasteiger partial charge in [-0.15, -0.1) is 0 Å². The molecule has 0 radical (unpaired) electrons. The molecule has 6 nitrogen and oxygen atoms in total. The van der Waals surface area contributed by atoms with Gasteiger partial charge < -0.3 is 24.8 Å². The van der Waals surface area contributed by atoms with Gasteiger partial charge in [0, 0.05) is 17.7 Å². The number of methoxy groups -OCH3 is 2. The van der Waals surface area contributed by atoms with E-state index >= 15 is 0 Å². The Bertz CT molecular complexity index is 764. The lowest BCUT2D eigenvalue weighted by Crippen LogP contribution is -2.04. The van der Waals surface area contributed by atoms with Gasteiger partial charge in [-0.3, -0.25) is 0 Å². The molecule has 0 atom stereocenters. The highest BCUT2D eigenvalue weighted by atomic mass is 16.5. The Balaban J connectivity index is 2.50. The molecule has 0 unspecified atom stereocenters. The predicted octanol–water partition coefficient (Wildman–Crippen LogP) is 2.77. The lowest BCUT2D eigenvalue weighted by Gasteiger charge is -2.09.